The van der Waals surface area contributed by atoms with E-state index in [-0.39, 0.29) is 5.82 Å². The molecule has 1 fully saturated rings. The van der Waals surface area contributed by atoms with Gasteiger partial charge in [0.15, 0.2) is 0 Å². The summed E-state index contributed by atoms with van der Waals surface area (Å²) in [6.07, 6.45) is 3.17. The molecule has 1 aromatic carbocycles. The van der Waals surface area contributed by atoms with Crippen molar-refractivity contribution >= 4 is 15.9 Å². The van der Waals surface area contributed by atoms with Crippen molar-refractivity contribution < 1.29 is 4.39 Å². The first-order valence-corrected chi connectivity index (χ1v) is 6.62. The first kappa shape index (κ1) is 12.1. The molecule has 2 atom stereocenters. The second-order valence-electron chi connectivity index (χ2n) is 4.72. The molecule has 0 amide bonds. The molecule has 2 rings (SSSR count). The molecule has 16 heavy (non-hydrogen) atoms. The molecule has 0 radical (unpaired) electrons. The van der Waals surface area contributed by atoms with E-state index in [1.165, 1.54) is 12.5 Å². The Kier molecular flexibility index (Phi) is 3.98. The molecular weight excluding hydrogens is 269 g/mol. The molecule has 1 heterocycles. The van der Waals surface area contributed by atoms with Crippen LogP contribution in [-0.2, 0) is 6.42 Å². The van der Waals surface area contributed by atoms with E-state index in [0.717, 1.165) is 35.3 Å². The van der Waals surface area contributed by atoms with Crippen LogP contribution in [0.1, 0.15) is 25.3 Å². The van der Waals surface area contributed by atoms with Gasteiger partial charge in [0.1, 0.15) is 5.82 Å². The second kappa shape index (κ2) is 5.28. The maximum absolute atomic E-state index is 13.6. The third-order valence-electron chi connectivity index (χ3n) is 3.23. The van der Waals surface area contributed by atoms with Gasteiger partial charge in [-0.15, -0.1) is 0 Å². The van der Waals surface area contributed by atoms with Gasteiger partial charge in [-0.1, -0.05) is 22.9 Å². The van der Waals surface area contributed by atoms with Crippen molar-refractivity contribution in [3.8, 4) is 0 Å². The Morgan fingerprint density at radius 1 is 1.50 bits per heavy atom. The van der Waals surface area contributed by atoms with Crippen molar-refractivity contribution in [1.29, 1.82) is 0 Å². The fraction of sp³-hybridized carbons (Fsp3) is 0.538. The van der Waals surface area contributed by atoms with Crippen LogP contribution in [0.25, 0.3) is 0 Å². The first-order chi connectivity index (χ1) is 7.65. The van der Waals surface area contributed by atoms with E-state index in [4.69, 9.17) is 0 Å². The zero-order valence-electron chi connectivity index (χ0n) is 9.47. The van der Waals surface area contributed by atoms with Gasteiger partial charge in [0.2, 0.25) is 0 Å². The lowest BCUT2D eigenvalue weighted by Gasteiger charge is -2.28. The molecule has 0 saturated carbocycles. The Morgan fingerprint density at radius 3 is 3.06 bits per heavy atom. The maximum Gasteiger partial charge on any atom is 0.126 e. The SMILES string of the molecule is CC1CCNC(Cc2cc(Br)ccc2F)C1. The molecule has 3 heteroatoms. The molecular formula is C13H17BrFN. The molecule has 1 aliphatic heterocycles. The van der Waals surface area contributed by atoms with Crippen LogP contribution in [0, 0.1) is 11.7 Å². The minimum atomic E-state index is -0.0942. The predicted molar refractivity (Wildman–Crippen MR) is 68.0 cm³/mol. The maximum atomic E-state index is 13.6. The zero-order valence-corrected chi connectivity index (χ0v) is 11.1. The highest BCUT2D eigenvalue weighted by Gasteiger charge is 2.19. The smallest absolute Gasteiger partial charge is 0.126 e. The summed E-state index contributed by atoms with van der Waals surface area (Å²) < 4.78 is 14.5. The molecule has 0 aromatic heterocycles. The fourth-order valence-electron chi connectivity index (χ4n) is 2.34. The van der Waals surface area contributed by atoms with Crippen molar-refractivity contribution in [2.24, 2.45) is 5.92 Å². The monoisotopic (exact) mass is 285 g/mol. The molecule has 0 bridgehead atoms. The highest BCUT2D eigenvalue weighted by atomic mass is 79.9. The van der Waals surface area contributed by atoms with E-state index in [1.807, 2.05) is 6.07 Å². The van der Waals surface area contributed by atoms with Crippen molar-refractivity contribution in [2.45, 2.75) is 32.2 Å². The summed E-state index contributed by atoms with van der Waals surface area (Å²) in [5, 5.41) is 3.46. The van der Waals surface area contributed by atoms with Gasteiger partial charge >= 0.3 is 0 Å². The van der Waals surface area contributed by atoms with Crippen LogP contribution in [0.4, 0.5) is 4.39 Å². The average Bonchev–Trinajstić information content (AvgIpc) is 2.24. The number of hydrogen-bond acceptors (Lipinski definition) is 1. The van der Waals surface area contributed by atoms with Crippen LogP contribution in [0.15, 0.2) is 22.7 Å². The minimum Gasteiger partial charge on any atom is -0.314 e. The van der Waals surface area contributed by atoms with E-state index < -0.39 is 0 Å². The van der Waals surface area contributed by atoms with Gasteiger partial charge in [0.05, 0.1) is 0 Å². The number of piperidine rings is 1. The standard InChI is InChI=1S/C13H17BrFN/c1-9-4-5-16-12(6-9)8-10-7-11(14)2-3-13(10)15/h2-3,7,9,12,16H,4-6,8H2,1H3. The molecule has 1 aromatic rings. The molecule has 1 nitrogen and oxygen atoms in total. The number of benzene rings is 1. The van der Waals surface area contributed by atoms with Crippen LogP contribution in [0.2, 0.25) is 0 Å². The summed E-state index contributed by atoms with van der Waals surface area (Å²) in [5.41, 5.74) is 0.806. The van der Waals surface area contributed by atoms with Gasteiger partial charge in [0.25, 0.3) is 0 Å². The summed E-state index contributed by atoms with van der Waals surface area (Å²) >= 11 is 3.39. The lowest BCUT2D eigenvalue weighted by molar-refractivity contribution is 0.316. The summed E-state index contributed by atoms with van der Waals surface area (Å²) in [7, 11) is 0. The Hall–Kier alpha value is -0.410. The molecule has 2 unspecified atom stereocenters. The quantitative estimate of drug-likeness (QED) is 0.877. The van der Waals surface area contributed by atoms with Gasteiger partial charge < -0.3 is 5.32 Å². The topological polar surface area (TPSA) is 12.0 Å². The van der Waals surface area contributed by atoms with E-state index in [9.17, 15) is 4.39 Å². The summed E-state index contributed by atoms with van der Waals surface area (Å²) in [6.45, 7) is 3.33. The third-order valence-corrected chi connectivity index (χ3v) is 3.72. The van der Waals surface area contributed by atoms with Crippen LogP contribution < -0.4 is 5.32 Å². The van der Waals surface area contributed by atoms with Gasteiger partial charge in [-0.3, -0.25) is 0 Å². The van der Waals surface area contributed by atoms with Crippen LogP contribution in [0.3, 0.4) is 0 Å². The van der Waals surface area contributed by atoms with E-state index in [0.29, 0.717) is 6.04 Å². The summed E-state index contributed by atoms with van der Waals surface area (Å²) in [4.78, 5) is 0. The van der Waals surface area contributed by atoms with E-state index in [1.54, 1.807) is 6.07 Å². The lowest BCUT2D eigenvalue weighted by Crippen LogP contribution is -2.38. The minimum absolute atomic E-state index is 0.0942. The second-order valence-corrected chi connectivity index (χ2v) is 5.64. The Balaban J connectivity index is 2.05. The molecule has 0 aliphatic carbocycles. The van der Waals surface area contributed by atoms with Gasteiger partial charge in [-0.25, -0.2) is 4.39 Å². The van der Waals surface area contributed by atoms with Crippen molar-refractivity contribution in [2.75, 3.05) is 6.54 Å². The zero-order chi connectivity index (χ0) is 11.5. The first-order valence-electron chi connectivity index (χ1n) is 5.82. The van der Waals surface area contributed by atoms with E-state index >= 15 is 0 Å². The lowest BCUT2D eigenvalue weighted by atomic mass is 9.90. The summed E-state index contributed by atoms with van der Waals surface area (Å²) in [6, 6.07) is 5.59. The molecule has 1 saturated heterocycles. The van der Waals surface area contributed by atoms with Gasteiger partial charge in [0, 0.05) is 10.5 Å². The predicted octanol–water partition coefficient (Wildman–Crippen LogP) is 3.52. The van der Waals surface area contributed by atoms with Crippen molar-refractivity contribution in [3.05, 3.63) is 34.1 Å². The molecule has 1 aliphatic rings. The van der Waals surface area contributed by atoms with Crippen molar-refractivity contribution in [3.63, 3.8) is 0 Å². The van der Waals surface area contributed by atoms with Crippen LogP contribution in [0.5, 0.6) is 0 Å². The van der Waals surface area contributed by atoms with Crippen LogP contribution >= 0.6 is 15.9 Å². The molecule has 1 N–H and O–H groups in total. The summed E-state index contributed by atoms with van der Waals surface area (Å²) in [5.74, 6) is 0.657. The number of hydrogen-bond donors (Lipinski definition) is 1. The fourth-order valence-corrected chi connectivity index (χ4v) is 2.75. The van der Waals surface area contributed by atoms with Gasteiger partial charge in [-0.05, 0) is 55.5 Å². The van der Waals surface area contributed by atoms with Gasteiger partial charge in [-0.2, -0.15) is 0 Å². The van der Waals surface area contributed by atoms with Crippen molar-refractivity contribution in [1.82, 2.24) is 5.32 Å². The highest BCUT2D eigenvalue weighted by Crippen LogP contribution is 2.21. The Bertz CT molecular complexity index is 367. The van der Waals surface area contributed by atoms with E-state index in [2.05, 4.69) is 28.2 Å². The number of rotatable bonds is 2. The average molecular weight is 286 g/mol. The largest absolute Gasteiger partial charge is 0.314 e. The highest BCUT2D eigenvalue weighted by molar-refractivity contribution is 9.10. The number of halogens is 2. The molecule has 0 spiro atoms. The Labute approximate surface area is 105 Å². The third kappa shape index (κ3) is 3.05. The molecule has 88 valence electrons. The van der Waals surface area contributed by atoms with Crippen LogP contribution in [-0.4, -0.2) is 12.6 Å². The normalized spacial score (nSPS) is 25.7. The Morgan fingerprint density at radius 2 is 2.31 bits per heavy atom. The number of nitrogens with one attached hydrogen (secondary N) is 1.